The topological polar surface area (TPSA) is 94.5 Å². The van der Waals surface area contributed by atoms with Crippen molar-refractivity contribution in [3.63, 3.8) is 0 Å². The summed E-state index contributed by atoms with van der Waals surface area (Å²) in [5.41, 5.74) is 9.13. The smallest absolute Gasteiger partial charge is 0.254 e. The Morgan fingerprint density at radius 2 is 1.93 bits per heavy atom. The Morgan fingerprint density at radius 3 is 2.69 bits per heavy atom. The molecule has 4 aliphatic rings. The normalized spacial score (nSPS) is 22.5. The molecule has 42 heavy (non-hydrogen) atoms. The molecule has 8 heteroatoms. The number of ketones is 1. The number of anilines is 1. The second kappa shape index (κ2) is 11.5. The fourth-order valence-electron chi connectivity index (χ4n) is 6.63. The van der Waals surface area contributed by atoms with E-state index < -0.39 is 6.10 Å². The lowest BCUT2D eigenvalue weighted by Crippen LogP contribution is -2.43. The first kappa shape index (κ1) is 28.4. The van der Waals surface area contributed by atoms with Crippen LogP contribution in [0.25, 0.3) is 0 Å². The second-order valence-corrected chi connectivity index (χ2v) is 12.2. The van der Waals surface area contributed by atoms with E-state index in [9.17, 15) is 14.7 Å². The fourth-order valence-corrected chi connectivity index (χ4v) is 6.63. The Balaban J connectivity index is 1.19. The maximum absolute atomic E-state index is 13.5. The number of aliphatic hydroxyl groups is 1. The predicted molar refractivity (Wildman–Crippen MR) is 164 cm³/mol. The zero-order chi connectivity index (χ0) is 29.5. The maximum Gasteiger partial charge on any atom is 0.254 e. The van der Waals surface area contributed by atoms with Crippen molar-refractivity contribution in [1.29, 1.82) is 0 Å². The number of hydrogen-bond donors (Lipinski definition) is 2. The third kappa shape index (κ3) is 5.41. The average Bonchev–Trinajstić information content (AvgIpc) is 3.53. The van der Waals surface area contributed by atoms with Gasteiger partial charge in [0.15, 0.2) is 5.78 Å². The number of aliphatic hydroxyl groups excluding tert-OH is 1. The number of nitrogens with one attached hydrogen (secondary N) is 1. The summed E-state index contributed by atoms with van der Waals surface area (Å²) in [6.45, 7) is 9.00. The van der Waals surface area contributed by atoms with Gasteiger partial charge in [0.05, 0.1) is 17.8 Å². The molecular formula is C34H40N4O4. The SMILES string of the molecule is Cc1ccc(OC[C@H](O)CN=C2C=CCC(=O)C2=C2Cc3cc4c(c(C)c3N2)CN(C2CCN(C)CC2)C4=O)c(C)c1. The van der Waals surface area contributed by atoms with Crippen molar-refractivity contribution in [2.45, 2.75) is 65.1 Å². The zero-order valence-electron chi connectivity index (χ0n) is 25.0. The minimum Gasteiger partial charge on any atom is -0.491 e. The molecule has 6 rings (SSSR count). The van der Waals surface area contributed by atoms with Gasteiger partial charge < -0.3 is 25.0 Å². The Bertz CT molecular complexity index is 1530. The van der Waals surface area contributed by atoms with E-state index in [1.54, 1.807) is 0 Å². The van der Waals surface area contributed by atoms with E-state index in [2.05, 4.69) is 34.1 Å². The van der Waals surface area contributed by atoms with Crippen molar-refractivity contribution < 1.29 is 19.4 Å². The van der Waals surface area contributed by atoms with Gasteiger partial charge in [0.25, 0.3) is 5.91 Å². The highest BCUT2D eigenvalue weighted by atomic mass is 16.5. The van der Waals surface area contributed by atoms with E-state index in [-0.39, 0.29) is 30.9 Å². The van der Waals surface area contributed by atoms with Crippen LogP contribution >= 0.6 is 0 Å². The minimum absolute atomic E-state index is 0.00212. The number of allylic oxidation sites excluding steroid dienone is 4. The van der Waals surface area contributed by atoms with E-state index in [1.807, 2.05) is 50.3 Å². The molecule has 2 aromatic carbocycles. The lowest BCUT2D eigenvalue weighted by atomic mass is 9.93. The number of hydrogen-bond acceptors (Lipinski definition) is 7. The summed E-state index contributed by atoms with van der Waals surface area (Å²) in [6, 6.07) is 8.26. The highest BCUT2D eigenvalue weighted by Gasteiger charge is 2.37. The number of nitrogens with zero attached hydrogens (tertiary/aromatic N) is 3. The van der Waals surface area contributed by atoms with Gasteiger partial charge in [-0.1, -0.05) is 23.8 Å². The number of ether oxygens (including phenoxy) is 1. The molecule has 1 amide bonds. The van der Waals surface area contributed by atoms with Crippen molar-refractivity contribution in [2.75, 3.05) is 38.6 Å². The van der Waals surface area contributed by atoms with Crippen LogP contribution in [0.2, 0.25) is 0 Å². The van der Waals surface area contributed by atoms with E-state index in [0.717, 1.165) is 76.4 Å². The molecule has 0 unspecified atom stereocenters. The summed E-state index contributed by atoms with van der Waals surface area (Å²) in [5, 5.41) is 14.2. The first-order valence-corrected chi connectivity index (χ1v) is 15.0. The molecule has 0 bridgehead atoms. The third-order valence-corrected chi connectivity index (χ3v) is 9.03. The van der Waals surface area contributed by atoms with Crippen molar-refractivity contribution in [1.82, 2.24) is 9.80 Å². The number of Topliss-reactive ketones (excluding diaryl/α,β-unsaturated/α-hetero) is 1. The highest BCUT2D eigenvalue weighted by molar-refractivity contribution is 6.29. The van der Waals surface area contributed by atoms with Gasteiger partial charge in [0, 0.05) is 42.4 Å². The summed E-state index contributed by atoms with van der Waals surface area (Å²) in [5.74, 6) is 0.871. The molecule has 8 nitrogen and oxygen atoms in total. The van der Waals surface area contributed by atoms with Crippen molar-refractivity contribution in [3.05, 3.63) is 81.1 Å². The fraction of sp³-hybridized carbons (Fsp3) is 0.441. The van der Waals surface area contributed by atoms with Gasteiger partial charge >= 0.3 is 0 Å². The molecule has 0 saturated carbocycles. The molecule has 3 heterocycles. The zero-order valence-corrected chi connectivity index (χ0v) is 25.0. The van der Waals surface area contributed by atoms with Crippen LogP contribution in [0.5, 0.6) is 5.75 Å². The Kier molecular flexibility index (Phi) is 7.77. The first-order chi connectivity index (χ1) is 20.2. The molecule has 0 spiro atoms. The van der Waals surface area contributed by atoms with Crippen LogP contribution < -0.4 is 10.1 Å². The molecule has 1 fully saturated rings. The molecule has 2 N–H and O–H groups in total. The van der Waals surface area contributed by atoms with Gasteiger partial charge in [-0.05, 0) is 94.2 Å². The minimum atomic E-state index is -0.813. The highest BCUT2D eigenvalue weighted by Crippen LogP contribution is 2.41. The van der Waals surface area contributed by atoms with Gasteiger partial charge in [0.1, 0.15) is 18.5 Å². The molecule has 1 atom stereocenters. The number of carbonyl (C=O) groups excluding carboxylic acids is 2. The Labute approximate surface area is 247 Å². The van der Waals surface area contributed by atoms with E-state index in [4.69, 9.17) is 4.74 Å². The van der Waals surface area contributed by atoms with Crippen molar-refractivity contribution >= 4 is 23.1 Å². The van der Waals surface area contributed by atoms with Gasteiger partial charge in [0.2, 0.25) is 0 Å². The maximum atomic E-state index is 13.5. The van der Waals surface area contributed by atoms with Gasteiger partial charge in [-0.15, -0.1) is 0 Å². The molecule has 1 aliphatic carbocycles. The molecule has 0 radical (unpaired) electrons. The van der Waals surface area contributed by atoms with Crippen LogP contribution in [-0.4, -0.2) is 77.7 Å². The number of likely N-dealkylation sites (tertiary alicyclic amines) is 1. The number of carbonyl (C=O) groups is 2. The largest absolute Gasteiger partial charge is 0.491 e. The van der Waals surface area contributed by atoms with Crippen LogP contribution in [0, 0.1) is 20.8 Å². The number of amides is 1. The standard InChI is InChI=1S/C34H40N4O4/c1-20-8-9-31(21(2)14-20)42-19-25(39)17-35-28-6-5-7-30(40)32(28)29-16-23-15-26-27(22(3)33(23)36-29)18-38(34(26)41)24-10-12-37(4)13-11-24/h5-6,8-9,14-15,24-25,36,39H,7,10-13,16-19H2,1-4H3/t25-/m1/s1. The molecular weight excluding hydrogens is 528 g/mol. The lowest BCUT2D eigenvalue weighted by Gasteiger charge is -2.35. The molecule has 1 saturated heterocycles. The number of aryl methyl sites for hydroxylation is 2. The quantitative estimate of drug-likeness (QED) is 0.505. The first-order valence-electron chi connectivity index (χ1n) is 15.0. The summed E-state index contributed by atoms with van der Waals surface area (Å²) in [7, 11) is 2.14. The predicted octanol–water partition coefficient (Wildman–Crippen LogP) is 4.29. The summed E-state index contributed by atoms with van der Waals surface area (Å²) >= 11 is 0. The number of piperidine rings is 1. The second-order valence-electron chi connectivity index (χ2n) is 12.2. The summed E-state index contributed by atoms with van der Waals surface area (Å²) in [4.78, 5) is 35.7. The molecule has 0 aromatic heterocycles. The van der Waals surface area contributed by atoms with Crippen LogP contribution in [0.1, 0.15) is 57.4 Å². The summed E-state index contributed by atoms with van der Waals surface area (Å²) in [6.07, 6.45) is 5.74. The third-order valence-electron chi connectivity index (χ3n) is 9.03. The Morgan fingerprint density at radius 1 is 1.14 bits per heavy atom. The lowest BCUT2D eigenvalue weighted by molar-refractivity contribution is -0.114. The van der Waals surface area contributed by atoms with Crippen LogP contribution in [0.4, 0.5) is 5.69 Å². The number of aliphatic imine (C=N–C) groups is 1. The molecule has 220 valence electrons. The number of fused-ring (bicyclic) bond motifs is 2. The molecule has 2 aromatic rings. The van der Waals surface area contributed by atoms with E-state index >= 15 is 0 Å². The van der Waals surface area contributed by atoms with Gasteiger partial charge in [-0.25, -0.2) is 0 Å². The van der Waals surface area contributed by atoms with E-state index in [0.29, 0.717) is 30.7 Å². The summed E-state index contributed by atoms with van der Waals surface area (Å²) < 4.78 is 5.83. The number of rotatable bonds is 6. The van der Waals surface area contributed by atoms with Crippen LogP contribution in [0.15, 0.2) is 52.7 Å². The Hall–Kier alpha value is -3.75. The van der Waals surface area contributed by atoms with Gasteiger partial charge in [-0.3, -0.25) is 14.6 Å². The monoisotopic (exact) mass is 568 g/mol. The molecule has 3 aliphatic heterocycles. The van der Waals surface area contributed by atoms with Crippen LogP contribution in [0.3, 0.4) is 0 Å². The average molecular weight is 569 g/mol. The van der Waals surface area contributed by atoms with Crippen molar-refractivity contribution in [2.24, 2.45) is 4.99 Å². The number of benzene rings is 2. The van der Waals surface area contributed by atoms with Gasteiger partial charge in [-0.2, -0.15) is 0 Å². The van der Waals surface area contributed by atoms with E-state index in [1.165, 1.54) is 0 Å². The van der Waals surface area contributed by atoms with Crippen LogP contribution in [-0.2, 0) is 17.8 Å². The van der Waals surface area contributed by atoms with Crippen molar-refractivity contribution in [3.8, 4) is 5.75 Å².